The molecule has 3 aromatic rings. The maximum absolute atomic E-state index is 14.0. The zero-order valence-corrected chi connectivity index (χ0v) is 15.7. The third-order valence-electron chi connectivity index (χ3n) is 4.65. The Morgan fingerprint density at radius 2 is 1.93 bits per heavy atom. The lowest BCUT2D eigenvalue weighted by molar-refractivity contribution is -0.116. The van der Waals surface area contributed by atoms with E-state index in [0.717, 1.165) is 33.5 Å². The van der Waals surface area contributed by atoms with Crippen LogP contribution in [-0.4, -0.2) is 24.5 Å². The second kappa shape index (κ2) is 8.08. The Labute approximate surface area is 158 Å². The number of H-pyrrole nitrogens is 1. The minimum Gasteiger partial charge on any atom is -0.497 e. The summed E-state index contributed by atoms with van der Waals surface area (Å²) in [7, 11) is 1.61. The highest BCUT2D eigenvalue weighted by molar-refractivity contribution is 5.92. The van der Waals surface area contributed by atoms with Gasteiger partial charge in [0.25, 0.3) is 0 Å². The second-order valence-electron chi connectivity index (χ2n) is 6.49. The van der Waals surface area contributed by atoms with Gasteiger partial charge in [0.1, 0.15) is 11.6 Å². The van der Waals surface area contributed by atoms with E-state index in [2.05, 4.69) is 10.3 Å². The Balaban J connectivity index is 1.62. The summed E-state index contributed by atoms with van der Waals surface area (Å²) < 4.78 is 19.1. The number of aromatic nitrogens is 1. The zero-order chi connectivity index (χ0) is 19.4. The van der Waals surface area contributed by atoms with Crippen LogP contribution in [0.25, 0.3) is 17.0 Å². The largest absolute Gasteiger partial charge is 0.497 e. The topological polar surface area (TPSA) is 54.1 Å². The number of nitrogens with one attached hydrogen (secondary N) is 2. The molecule has 0 radical (unpaired) electrons. The molecule has 2 aromatic carbocycles. The van der Waals surface area contributed by atoms with Crippen LogP contribution in [0.5, 0.6) is 5.75 Å². The van der Waals surface area contributed by atoms with Gasteiger partial charge in [-0.25, -0.2) is 4.39 Å². The molecule has 1 heterocycles. The first-order valence-corrected chi connectivity index (χ1v) is 8.86. The number of hydrogen-bond donors (Lipinski definition) is 2. The average Bonchev–Trinajstić information content (AvgIpc) is 3.01. The molecule has 0 bridgehead atoms. The number of carbonyl (C=O) groups excluding carboxylic acids is 1. The Morgan fingerprint density at radius 1 is 1.19 bits per heavy atom. The van der Waals surface area contributed by atoms with E-state index in [0.29, 0.717) is 18.5 Å². The Kier molecular flexibility index (Phi) is 5.60. The normalized spacial score (nSPS) is 11.3. The van der Waals surface area contributed by atoms with Gasteiger partial charge in [0, 0.05) is 23.7 Å². The van der Waals surface area contributed by atoms with Crippen molar-refractivity contribution in [2.45, 2.75) is 20.3 Å². The molecule has 0 spiro atoms. The molecule has 1 amide bonds. The standard InChI is InChI=1S/C22H23FN2O2/c1-14-4-10-19(23)22-21(14)18(15(2)25-22)12-13-24-20(26)11-7-16-5-8-17(27-3)9-6-16/h4-11,25H,12-13H2,1-3H3,(H,24,26)/b11-7+. The fourth-order valence-corrected chi connectivity index (χ4v) is 3.21. The van der Waals surface area contributed by atoms with E-state index < -0.39 is 0 Å². The van der Waals surface area contributed by atoms with Gasteiger partial charge >= 0.3 is 0 Å². The summed E-state index contributed by atoms with van der Waals surface area (Å²) in [6.07, 6.45) is 3.90. The van der Waals surface area contributed by atoms with Crippen molar-refractivity contribution in [2.75, 3.05) is 13.7 Å². The van der Waals surface area contributed by atoms with Gasteiger partial charge in [-0.05, 0) is 61.2 Å². The number of halogens is 1. The highest BCUT2D eigenvalue weighted by Gasteiger charge is 2.13. The molecule has 0 aliphatic carbocycles. The van der Waals surface area contributed by atoms with Crippen LogP contribution in [0.1, 0.15) is 22.4 Å². The van der Waals surface area contributed by atoms with Crippen LogP contribution >= 0.6 is 0 Å². The highest BCUT2D eigenvalue weighted by Crippen LogP contribution is 2.27. The van der Waals surface area contributed by atoms with Crippen molar-refractivity contribution >= 4 is 22.9 Å². The predicted molar refractivity (Wildman–Crippen MR) is 106 cm³/mol. The highest BCUT2D eigenvalue weighted by atomic mass is 19.1. The molecule has 27 heavy (non-hydrogen) atoms. The molecule has 0 aliphatic heterocycles. The molecule has 0 atom stereocenters. The summed E-state index contributed by atoms with van der Waals surface area (Å²) in [6.45, 7) is 4.38. The van der Waals surface area contributed by atoms with E-state index in [1.807, 2.05) is 38.1 Å². The van der Waals surface area contributed by atoms with Gasteiger partial charge < -0.3 is 15.0 Å². The van der Waals surface area contributed by atoms with Crippen molar-refractivity contribution in [3.63, 3.8) is 0 Å². The molecular weight excluding hydrogens is 343 g/mol. The number of fused-ring (bicyclic) bond motifs is 1. The fourth-order valence-electron chi connectivity index (χ4n) is 3.21. The SMILES string of the molecule is COc1ccc(/C=C/C(=O)NCCc2c(C)[nH]c3c(F)ccc(C)c23)cc1. The van der Waals surface area contributed by atoms with Crippen LogP contribution in [-0.2, 0) is 11.2 Å². The van der Waals surface area contributed by atoms with Gasteiger partial charge in [-0.3, -0.25) is 4.79 Å². The molecule has 0 fully saturated rings. The van der Waals surface area contributed by atoms with Crippen molar-refractivity contribution in [1.82, 2.24) is 10.3 Å². The van der Waals surface area contributed by atoms with Gasteiger partial charge in [-0.2, -0.15) is 0 Å². The summed E-state index contributed by atoms with van der Waals surface area (Å²) in [5.74, 6) is 0.361. The van der Waals surface area contributed by atoms with Gasteiger partial charge in [0.2, 0.25) is 5.91 Å². The predicted octanol–water partition coefficient (Wildman–Crippen LogP) is 4.30. The first-order chi connectivity index (χ1) is 13.0. The van der Waals surface area contributed by atoms with Gasteiger partial charge in [0.05, 0.1) is 12.6 Å². The Morgan fingerprint density at radius 3 is 2.63 bits per heavy atom. The number of hydrogen-bond acceptors (Lipinski definition) is 2. The number of methoxy groups -OCH3 is 1. The smallest absolute Gasteiger partial charge is 0.244 e. The zero-order valence-electron chi connectivity index (χ0n) is 15.7. The average molecular weight is 366 g/mol. The molecular formula is C22H23FN2O2. The third kappa shape index (κ3) is 4.19. The minimum absolute atomic E-state index is 0.161. The maximum atomic E-state index is 14.0. The van der Waals surface area contributed by atoms with Crippen LogP contribution in [0.3, 0.4) is 0 Å². The van der Waals surface area contributed by atoms with Crippen LogP contribution in [0, 0.1) is 19.7 Å². The molecule has 2 N–H and O–H groups in total. The molecule has 3 rings (SSSR count). The van der Waals surface area contributed by atoms with Crippen molar-refractivity contribution < 1.29 is 13.9 Å². The van der Waals surface area contributed by atoms with Crippen molar-refractivity contribution in [3.05, 3.63) is 70.7 Å². The van der Waals surface area contributed by atoms with E-state index >= 15 is 0 Å². The summed E-state index contributed by atoms with van der Waals surface area (Å²) >= 11 is 0. The van der Waals surface area contributed by atoms with Crippen molar-refractivity contribution in [3.8, 4) is 5.75 Å². The lowest BCUT2D eigenvalue weighted by atomic mass is 10.0. The quantitative estimate of drug-likeness (QED) is 0.639. The Hall–Kier alpha value is -3.08. The first-order valence-electron chi connectivity index (χ1n) is 8.86. The van der Waals surface area contributed by atoms with E-state index in [4.69, 9.17) is 4.74 Å². The van der Waals surface area contributed by atoms with E-state index in [1.54, 1.807) is 19.3 Å². The lowest BCUT2D eigenvalue weighted by Crippen LogP contribution is -2.23. The molecule has 0 saturated heterocycles. The van der Waals surface area contributed by atoms with Gasteiger partial charge in [-0.15, -0.1) is 0 Å². The van der Waals surface area contributed by atoms with Crippen LogP contribution in [0.15, 0.2) is 42.5 Å². The van der Waals surface area contributed by atoms with Gasteiger partial charge in [0.15, 0.2) is 0 Å². The molecule has 4 nitrogen and oxygen atoms in total. The van der Waals surface area contributed by atoms with Crippen LogP contribution in [0.2, 0.25) is 0 Å². The number of rotatable bonds is 6. The monoisotopic (exact) mass is 366 g/mol. The summed E-state index contributed by atoms with van der Waals surface area (Å²) in [4.78, 5) is 15.2. The summed E-state index contributed by atoms with van der Waals surface area (Å²) in [5.41, 5.74) is 4.46. The van der Waals surface area contributed by atoms with Crippen molar-refractivity contribution in [1.29, 1.82) is 0 Å². The number of benzene rings is 2. The summed E-state index contributed by atoms with van der Waals surface area (Å²) in [6, 6.07) is 10.7. The number of aromatic amines is 1. The number of ether oxygens (including phenoxy) is 1. The van der Waals surface area contributed by atoms with Crippen LogP contribution in [0.4, 0.5) is 4.39 Å². The lowest BCUT2D eigenvalue weighted by Gasteiger charge is -2.05. The molecule has 0 unspecified atom stereocenters. The number of aryl methyl sites for hydroxylation is 2. The second-order valence-corrected chi connectivity index (χ2v) is 6.49. The number of amides is 1. The summed E-state index contributed by atoms with van der Waals surface area (Å²) in [5, 5.41) is 3.79. The molecule has 5 heteroatoms. The van der Waals surface area contributed by atoms with Gasteiger partial charge in [-0.1, -0.05) is 18.2 Å². The molecule has 0 saturated carbocycles. The number of carbonyl (C=O) groups is 1. The third-order valence-corrected chi connectivity index (χ3v) is 4.65. The maximum Gasteiger partial charge on any atom is 0.244 e. The Bertz CT molecular complexity index is 988. The molecule has 0 aliphatic rings. The van der Waals surface area contributed by atoms with E-state index in [1.165, 1.54) is 12.1 Å². The van der Waals surface area contributed by atoms with E-state index in [9.17, 15) is 9.18 Å². The van der Waals surface area contributed by atoms with Crippen molar-refractivity contribution in [2.24, 2.45) is 0 Å². The molecule has 1 aromatic heterocycles. The van der Waals surface area contributed by atoms with Crippen LogP contribution < -0.4 is 10.1 Å². The minimum atomic E-state index is -0.253. The fraction of sp³-hybridized carbons (Fsp3) is 0.227. The van der Waals surface area contributed by atoms with E-state index in [-0.39, 0.29) is 11.7 Å². The molecule has 140 valence electrons. The first kappa shape index (κ1) is 18.7.